The van der Waals surface area contributed by atoms with Crippen molar-refractivity contribution in [2.45, 2.75) is 50.5 Å². The third-order valence-corrected chi connectivity index (χ3v) is 6.51. The molecule has 0 amide bonds. The quantitative estimate of drug-likeness (QED) is 0.495. The highest BCUT2D eigenvalue weighted by atomic mass is 16.5. The number of carbonyl (C=O) groups is 2. The third-order valence-electron chi connectivity index (χ3n) is 6.51. The van der Waals surface area contributed by atoms with Gasteiger partial charge in [-0.3, -0.25) is 9.69 Å². The summed E-state index contributed by atoms with van der Waals surface area (Å²) in [5.41, 5.74) is 2.08. The first-order valence-corrected chi connectivity index (χ1v) is 11.8. The number of rotatable bonds is 12. The molecular formula is C27H35NO6. The van der Waals surface area contributed by atoms with Crippen molar-refractivity contribution in [3.8, 4) is 17.2 Å². The fourth-order valence-corrected chi connectivity index (χ4v) is 4.63. The van der Waals surface area contributed by atoms with Gasteiger partial charge in [0.25, 0.3) is 0 Å². The number of carboxylic acids is 1. The Labute approximate surface area is 201 Å². The standard InChI is InChI=1S/C27H35NO6/c1-28-14-5-4-9-23(28)24(29)17-21(20-7-6-8-22(16-20)34-18-27(30)31)12-10-19-11-13-25(32-2)26(15-19)33-3/h6-8,11,13,15-16,21,23H,4-5,9-10,12,14,17-18H2,1-3H3,(H,30,31)/t21-,23?/m0/s1. The van der Waals surface area contributed by atoms with E-state index in [0.29, 0.717) is 23.7 Å². The van der Waals surface area contributed by atoms with Gasteiger partial charge in [0.15, 0.2) is 23.9 Å². The third kappa shape index (κ3) is 6.97. The largest absolute Gasteiger partial charge is 0.493 e. The van der Waals surface area contributed by atoms with Crippen molar-refractivity contribution in [1.82, 2.24) is 4.90 Å². The van der Waals surface area contributed by atoms with E-state index in [0.717, 1.165) is 49.8 Å². The van der Waals surface area contributed by atoms with Gasteiger partial charge in [-0.05, 0) is 80.6 Å². The Morgan fingerprint density at radius 3 is 2.59 bits per heavy atom. The van der Waals surface area contributed by atoms with E-state index in [1.807, 2.05) is 43.4 Å². The minimum absolute atomic E-state index is 0.00991. The van der Waals surface area contributed by atoms with Gasteiger partial charge in [0.05, 0.1) is 20.3 Å². The number of carbonyl (C=O) groups excluding carboxylic acids is 1. The zero-order valence-electron chi connectivity index (χ0n) is 20.3. The van der Waals surface area contributed by atoms with E-state index < -0.39 is 12.6 Å². The van der Waals surface area contributed by atoms with E-state index in [9.17, 15) is 9.59 Å². The summed E-state index contributed by atoms with van der Waals surface area (Å²) >= 11 is 0. The topological polar surface area (TPSA) is 85.3 Å². The fourth-order valence-electron chi connectivity index (χ4n) is 4.63. The van der Waals surface area contributed by atoms with Gasteiger partial charge in [0, 0.05) is 6.42 Å². The van der Waals surface area contributed by atoms with Crippen molar-refractivity contribution in [3.63, 3.8) is 0 Å². The Kier molecular flexibility index (Phi) is 9.33. The normalized spacial score (nSPS) is 17.1. The molecule has 0 aliphatic carbocycles. The SMILES string of the molecule is COc1ccc(CC[C@@H](CC(=O)C2CCCCN2C)c2cccc(OCC(=O)O)c2)cc1OC. The molecule has 0 radical (unpaired) electrons. The number of piperidine rings is 1. The van der Waals surface area contributed by atoms with E-state index >= 15 is 0 Å². The van der Waals surface area contributed by atoms with E-state index in [2.05, 4.69) is 4.90 Å². The van der Waals surface area contributed by atoms with Crippen LogP contribution in [0.5, 0.6) is 17.2 Å². The summed E-state index contributed by atoms with van der Waals surface area (Å²) in [6.45, 7) is 0.552. The molecule has 7 nitrogen and oxygen atoms in total. The molecule has 1 fully saturated rings. The number of aryl methyl sites for hydroxylation is 1. The van der Waals surface area contributed by atoms with Gasteiger partial charge in [0.2, 0.25) is 0 Å². The molecule has 34 heavy (non-hydrogen) atoms. The fraction of sp³-hybridized carbons (Fsp3) is 0.481. The first kappa shape index (κ1) is 25.6. The predicted octanol–water partition coefficient (Wildman–Crippen LogP) is 4.33. The lowest BCUT2D eigenvalue weighted by molar-refractivity contribution is -0.139. The molecule has 1 unspecified atom stereocenters. The van der Waals surface area contributed by atoms with Crippen LogP contribution in [0.15, 0.2) is 42.5 Å². The summed E-state index contributed by atoms with van der Waals surface area (Å²) < 4.78 is 16.2. The summed E-state index contributed by atoms with van der Waals surface area (Å²) in [4.78, 5) is 26.4. The van der Waals surface area contributed by atoms with Gasteiger partial charge >= 0.3 is 5.97 Å². The molecule has 2 aromatic rings. The molecule has 2 atom stereocenters. The van der Waals surface area contributed by atoms with Crippen LogP contribution in [0.3, 0.4) is 0 Å². The number of hydrogen-bond donors (Lipinski definition) is 1. The van der Waals surface area contributed by atoms with Crippen LogP contribution >= 0.6 is 0 Å². The highest BCUT2D eigenvalue weighted by molar-refractivity contribution is 5.84. The van der Waals surface area contributed by atoms with Gasteiger partial charge in [0.1, 0.15) is 5.75 Å². The van der Waals surface area contributed by atoms with Gasteiger partial charge in [-0.25, -0.2) is 4.79 Å². The van der Waals surface area contributed by atoms with Crippen LogP contribution in [0, 0.1) is 0 Å². The summed E-state index contributed by atoms with van der Waals surface area (Å²) in [5.74, 6) is 1.09. The number of ether oxygens (including phenoxy) is 3. The van der Waals surface area contributed by atoms with Gasteiger partial charge in [-0.15, -0.1) is 0 Å². The van der Waals surface area contributed by atoms with E-state index in [1.165, 1.54) is 0 Å². The first-order chi connectivity index (χ1) is 16.4. The van der Waals surface area contributed by atoms with Crippen LogP contribution in [0.1, 0.15) is 49.1 Å². The monoisotopic (exact) mass is 469 g/mol. The van der Waals surface area contributed by atoms with E-state index in [1.54, 1.807) is 20.3 Å². The molecule has 1 saturated heterocycles. The smallest absolute Gasteiger partial charge is 0.341 e. The molecule has 0 aromatic heterocycles. The van der Waals surface area contributed by atoms with Crippen molar-refractivity contribution in [3.05, 3.63) is 53.6 Å². The number of carboxylic acid groups (broad SMARTS) is 1. The molecular weight excluding hydrogens is 434 g/mol. The van der Waals surface area contributed by atoms with Crippen LogP contribution < -0.4 is 14.2 Å². The second-order valence-corrected chi connectivity index (χ2v) is 8.84. The predicted molar refractivity (Wildman–Crippen MR) is 130 cm³/mol. The number of nitrogens with zero attached hydrogens (tertiary/aromatic N) is 1. The molecule has 7 heteroatoms. The van der Waals surface area contributed by atoms with Gasteiger partial charge < -0.3 is 19.3 Å². The molecule has 1 heterocycles. The number of methoxy groups -OCH3 is 2. The maximum absolute atomic E-state index is 13.3. The van der Waals surface area contributed by atoms with Crippen molar-refractivity contribution < 1.29 is 28.9 Å². The first-order valence-electron chi connectivity index (χ1n) is 11.8. The van der Waals surface area contributed by atoms with Crippen LogP contribution in [0.4, 0.5) is 0 Å². The molecule has 2 aromatic carbocycles. The average molecular weight is 470 g/mol. The maximum Gasteiger partial charge on any atom is 0.341 e. The van der Waals surface area contributed by atoms with Crippen molar-refractivity contribution >= 4 is 11.8 Å². The number of hydrogen-bond acceptors (Lipinski definition) is 6. The zero-order valence-corrected chi connectivity index (χ0v) is 20.3. The number of likely N-dealkylation sites (tertiary alicyclic amines) is 1. The second-order valence-electron chi connectivity index (χ2n) is 8.84. The number of aliphatic carboxylic acids is 1. The van der Waals surface area contributed by atoms with Crippen LogP contribution in [0.2, 0.25) is 0 Å². The highest BCUT2D eigenvalue weighted by Crippen LogP contribution is 2.33. The lowest BCUT2D eigenvalue weighted by Crippen LogP contribution is -2.42. The number of ketones is 1. The Morgan fingerprint density at radius 1 is 1.09 bits per heavy atom. The minimum atomic E-state index is -1.02. The second kappa shape index (κ2) is 12.4. The van der Waals surface area contributed by atoms with Crippen LogP contribution in [0.25, 0.3) is 0 Å². The van der Waals surface area contributed by atoms with Gasteiger partial charge in [-0.1, -0.05) is 24.6 Å². The molecule has 0 spiro atoms. The molecule has 1 aliphatic rings. The van der Waals surface area contributed by atoms with Crippen molar-refractivity contribution in [2.75, 3.05) is 34.4 Å². The molecule has 0 saturated carbocycles. The zero-order chi connectivity index (χ0) is 24.5. The molecule has 1 aliphatic heterocycles. The Morgan fingerprint density at radius 2 is 1.88 bits per heavy atom. The molecule has 184 valence electrons. The summed E-state index contributed by atoms with van der Waals surface area (Å²) in [6, 6.07) is 13.3. The minimum Gasteiger partial charge on any atom is -0.493 e. The Hall–Kier alpha value is -3.06. The molecule has 1 N–H and O–H groups in total. The Bertz CT molecular complexity index is 975. The summed E-state index contributed by atoms with van der Waals surface area (Å²) in [7, 11) is 5.26. The maximum atomic E-state index is 13.3. The van der Waals surface area contributed by atoms with Crippen LogP contribution in [-0.2, 0) is 16.0 Å². The lowest BCUT2D eigenvalue weighted by Gasteiger charge is -2.32. The number of Topliss-reactive ketones (excluding diaryl/α,β-unsaturated/α-hetero) is 1. The lowest BCUT2D eigenvalue weighted by atomic mass is 9.85. The molecule has 3 rings (SSSR count). The number of likely N-dealkylation sites (N-methyl/N-ethyl adjacent to an activating group) is 1. The summed E-state index contributed by atoms with van der Waals surface area (Å²) in [6.07, 6.45) is 5.07. The van der Waals surface area contributed by atoms with Crippen LogP contribution in [-0.4, -0.2) is 62.2 Å². The van der Waals surface area contributed by atoms with Crippen molar-refractivity contribution in [1.29, 1.82) is 0 Å². The highest BCUT2D eigenvalue weighted by Gasteiger charge is 2.28. The number of benzene rings is 2. The van der Waals surface area contributed by atoms with Crippen molar-refractivity contribution in [2.24, 2.45) is 0 Å². The average Bonchev–Trinajstić information content (AvgIpc) is 2.85. The molecule has 0 bridgehead atoms. The van der Waals surface area contributed by atoms with E-state index in [4.69, 9.17) is 19.3 Å². The summed E-state index contributed by atoms with van der Waals surface area (Å²) in [5, 5.41) is 8.94. The Balaban J connectivity index is 1.79. The van der Waals surface area contributed by atoms with Gasteiger partial charge in [-0.2, -0.15) is 0 Å². The van der Waals surface area contributed by atoms with E-state index in [-0.39, 0.29) is 17.7 Å².